The van der Waals surface area contributed by atoms with Crippen LogP contribution in [0.3, 0.4) is 0 Å². The summed E-state index contributed by atoms with van der Waals surface area (Å²) < 4.78 is 20.8. The van der Waals surface area contributed by atoms with E-state index >= 15 is 0 Å². The number of halogens is 1. The Kier molecular flexibility index (Phi) is 5.90. The quantitative estimate of drug-likeness (QED) is 0.462. The van der Waals surface area contributed by atoms with Crippen molar-refractivity contribution in [2.75, 3.05) is 11.9 Å². The Labute approximate surface area is 186 Å². The molecule has 0 aliphatic carbocycles. The van der Waals surface area contributed by atoms with Crippen molar-refractivity contribution in [3.8, 4) is 11.6 Å². The van der Waals surface area contributed by atoms with E-state index in [2.05, 4.69) is 34.5 Å². The van der Waals surface area contributed by atoms with Crippen LogP contribution >= 0.6 is 0 Å². The Hall–Kier alpha value is -3.74. The number of hydrogen-bond donors (Lipinski definition) is 1. The van der Waals surface area contributed by atoms with E-state index in [0.717, 1.165) is 28.8 Å². The normalized spacial score (nSPS) is 11.0. The SMILES string of the molecule is CCc1ccc(-n2nc(C)c3c(C)cc(OCC(=O)Nc4ccc(F)cc4C)nc32)cc1. The van der Waals surface area contributed by atoms with Gasteiger partial charge in [0.15, 0.2) is 12.3 Å². The highest BCUT2D eigenvalue weighted by Crippen LogP contribution is 2.27. The van der Waals surface area contributed by atoms with Gasteiger partial charge in [-0.25, -0.2) is 9.07 Å². The van der Waals surface area contributed by atoms with Crippen LogP contribution < -0.4 is 10.1 Å². The molecule has 2 aromatic heterocycles. The van der Waals surface area contributed by atoms with Crippen LogP contribution in [-0.4, -0.2) is 27.3 Å². The van der Waals surface area contributed by atoms with Crippen LogP contribution in [0.5, 0.6) is 5.88 Å². The molecule has 0 saturated heterocycles. The molecule has 4 rings (SSSR count). The molecule has 2 aromatic carbocycles. The highest BCUT2D eigenvalue weighted by atomic mass is 19.1. The van der Waals surface area contributed by atoms with E-state index in [9.17, 15) is 9.18 Å². The first-order valence-electron chi connectivity index (χ1n) is 10.5. The number of ether oxygens (including phenoxy) is 1. The number of rotatable bonds is 6. The fourth-order valence-corrected chi connectivity index (χ4v) is 3.69. The maximum absolute atomic E-state index is 13.3. The highest BCUT2D eigenvalue weighted by molar-refractivity contribution is 5.92. The lowest BCUT2D eigenvalue weighted by Gasteiger charge is -2.10. The number of hydrogen-bond acceptors (Lipinski definition) is 4. The van der Waals surface area contributed by atoms with Crippen molar-refractivity contribution in [3.05, 3.63) is 76.7 Å². The van der Waals surface area contributed by atoms with Crippen LogP contribution in [0.1, 0.15) is 29.3 Å². The van der Waals surface area contributed by atoms with Gasteiger partial charge in [-0.1, -0.05) is 19.1 Å². The maximum atomic E-state index is 13.3. The summed E-state index contributed by atoms with van der Waals surface area (Å²) in [5.74, 6) is -0.354. The minimum atomic E-state index is -0.348. The van der Waals surface area contributed by atoms with Gasteiger partial charge in [-0.15, -0.1) is 0 Å². The molecule has 32 heavy (non-hydrogen) atoms. The monoisotopic (exact) mass is 432 g/mol. The van der Waals surface area contributed by atoms with Crippen molar-refractivity contribution < 1.29 is 13.9 Å². The average Bonchev–Trinajstić information content (AvgIpc) is 3.11. The summed E-state index contributed by atoms with van der Waals surface area (Å²) in [5, 5.41) is 8.37. The molecular formula is C25H25FN4O2. The number of aromatic nitrogens is 3. The molecule has 164 valence electrons. The van der Waals surface area contributed by atoms with E-state index in [-0.39, 0.29) is 18.3 Å². The molecule has 1 N–H and O–H groups in total. The van der Waals surface area contributed by atoms with Crippen molar-refractivity contribution in [2.45, 2.75) is 34.1 Å². The van der Waals surface area contributed by atoms with E-state index in [1.807, 2.05) is 26.0 Å². The minimum absolute atomic E-state index is 0.215. The summed E-state index contributed by atoms with van der Waals surface area (Å²) in [6.45, 7) is 7.55. The number of pyridine rings is 1. The minimum Gasteiger partial charge on any atom is -0.467 e. The molecule has 7 heteroatoms. The molecule has 2 heterocycles. The summed E-state index contributed by atoms with van der Waals surface area (Å²) in [6.07, 6.45) is 0.966. The second-order valence-electron chi connectivity index (χ2n) is 7.79. The first kappa shape index (κ1) is 21.5. The molecule has 0 bridgehead atoms. The fourth-order valence-electron chi connectivity index (χ4n) is 3.69. The van der Waals surface area contributed by atoms with Gasteiger partial charge in [-0.05, 0) is 74.2 Å². The number of anilines is 1. The molecule has 4 aromatic rings. The van der Waals surface area contributed by atoms with E-state index in [1.165, 1.54) is 23.8 Å². The molecule has 1 amide bonds. The molecule has 0 saturated carbocycles. The fraction of sp³-hybridized carbons (Fsp3) is 0.240. The largest absolute Gasteiger partial charge is 0.467 e. The third kappa shape index (κ3) is 4.32. The maximum Gasteiger partial charge on any atom is 0.262 e. The van der Waals surface area contributed by atoms with Gasteiger partial charge < -0.3 is 10.1 Å². The number of nitrogens with zero attached hydrogens (tertiary/aromatic N) is 3. The van der Waals surface area contributed by atoms with Gasteiger partial charge in [-0.2, -0.15) is 10.1 Å². The van der Waals surface area contributed by atoms with Crippen molar-refractivity contribution in [1.82, 2.24) is 14.8 Å². The predicted octanol–water partition coefficient (Wildman–Crippen LogP) is 5.06. The molecule has 0 aliphatic heterocycles. The van der Waals surface area contributed by atoms with Crippen molar-refractivity contribution in [3.63, 3.8) is 0 Å². The molecule has 0 atom stereocenters. The van der Waals surface area contributed by atoms with Crippen LogP contribution in [0.15, 0.2) is 48.5 Å². The first-order chi connectivity index (χ1) is 15.4. The Morgan fingerprint density at radius 2 is 1.81 bits per heavy atom. The summed E-state index contributed by atoms with van der Waals surface area (Å²) in [5.41, 5.74) is 5.86. The summed E-state index contributed by atoms with van der Waals surface area (Å²) >= 11 is 0. The number of aryl methyl sites for hydroxylation is 4. The second kappa shape index (κ2) is 8.78. The Morgan fingerprint density at radius 1 is 1.06 bits per heavy atom. The number of benzene rings is 2. The third-order valence-electron chi connectivity index (χ3n) is 5.39. The Balaban J connectivity index is 1.57. The second-order valence-corrected chi connectivity index (χ2v) is 7.79. The number of fused-ring (bicyclic) bond motifs is 1. The van der Waals surface area contributed by atoms with Crippen LogP contribution in [-0.2, 0) is 11.2 Å². The van der Waals surface area contributed by atoms with Gasteiger partial charge in [0.1, 0.15) is 5.82 Å². The smallest absolute Gasteiger partial charge is 0.262 e. The molecule has 6 nitrogen and oxygen atoms in total. The zero-order chi connectivity index (χ0) is 22.8. The van der Waals surface area contributed by atoms with Crippen molar-refractivity contribution in [2.24, 2.45) is 0 Å². The van der Waals surface area contributed by atoms with Gasteiger partial charge in [0, 0.05) is 17.1 Å². The van der Waals surface area contributed by atoms with E-state index in [1.54, 1.807) is 17.7 Å². The highest BCUT2D eigenvalue weighted by Gasteiger charge is 2.16. The van der Waals surface area contributed by atoms with Crippen molar-refractivity contribution >= 4 is 22.6 Å². The summed E-state index contributed by atoms with van der Waals surface area (Å²) in [7, 11) is 0. The van der Waals surface area contributed by atoms with E-state index in [0.29, 0.717) is 22.8 Å². The average molecular weight is 432 g/mol. The zero-order valence-corrected chi connectivity index (χ0v) is 18.6. The van der Waals surface area contributed by atoms with E-state index in [4.69, 9.17) is 4.74 Å². The molecule has 0 aliphatic rings. The lowest BCUT2D eigenvalue weighted by atomic mass is 10.1. The van der Waals surface area contributed by atoms with Gasteiger partial charge >= 0.3 is 0 Å². The third-order valence-corrected chi connectivity index (χ3v) is 5.39. The van der Waals surface area contributed by atoms with Gasteiger partial charge in [0.25, 0.3) is 5.91 Å². The zero-order valence-electron chi connectivity index (χ0n) is 18.6. The molecule has 0 unspecified atom stereocenters. The Morgan fingerprint density at radius 3 is 2.50 bits per heavy atom. The number of nitrogens with one attached hydrogen (secondary N) is 1. The first-order valence-corrected chi connectivity index (χ1v) is 10.5. The summed E-state index contributed by atoms with van der Waals surface area (Å²) in [4.78, 5) is 17.0. The standard InChI is InChI=1S/C25H25FN4O2/c1-5-18-6-9-20(10-7-18)30-25-24(17(4)29-30)16(3)13-23(28-25)32-14-22(31)27-21-11-8-19(26)12-15(21)2/h6-13H,5,14H2,1-4H3,(H,27,31). The molecular weight excluding hydrogens is 407 g/mol. The molecule has 0 spiro atoms. The molecule has 0 radical (unpaired) electrons. The number of carbonyl (C=O) groups is 1. The predicted molar refractivity (Wildman–Crippen MR) is 123 cm³/mol. The lowest BCUT2D eigenvalue weighted by molar-refractivity contribution is -0.118. The number of amides is 1. The van der Waals surface area contributed by atoms with Crippen LogP contribution in [0.4, 0.5) is 10.1 Å². The topological polar surface area (TPSA) is 69.0 Å². The molecule has 0 fully saturated rings. The summed E-state index contributed by atoms with van der Waals surface area (Å²) in [6, 6.07) is 14.2. The van der Waals surface area contributed by atoms with Crippen LogP contribution in [0, 0.1) is 26.6 Å². The van der Waals surface area contributed by atoms with Crippen LogP contribution in [0.2, 0.25) is 0 Å². The van der Waals surface area contributed by atoms with E-state index < -0.39 is 0 Å². The van der Waals surface area contributed by atoms with Gasteiger partial charge in [-0.3, -0.25) is 4.79 Å². The van der Waals surface area contributed by atoms with Gasteiger partial charge in [0.2, 0.25) is 5.88 Å². The Bertz CT molecular complexity index is 1300. The lowest BCUT2D eigenvalue weighted by Crippen LogP contribution is -2.21. The van der Waals surface area contributed by atoms with Crippen LogP contribution in [0.25, 0.3) is 16.7 Å². The van der Waals surface area contributed by atoms with Crippen molar-refractivity contribution in [1.29, 1.82) is 0 Å². The van der Waals surface area contributed by atoms with Gasteiger partial charge in [0.05, 0.1) is 11.4 Å². The number of carbonyl (C=O) groups excluding carboxylic acids is 1.